The smallest absolute Gasteiger partial charge is 0.225 e. The van der Waals surface area contributed by atoms with Gasteiger partial charge in [-0.1, -0.05) is 0 Å². The second-order valence-corrected chi connectivity index (χ2v) is 0.509. The molecule has 0 spiro atoms. The van der Waals surface area contributed by atoms with Crippen LogP contribution in [0, 0.1) is 14.0 Å². The first kappa shape index (κ1) is 4.47. The minimum Gasteiger partial charge on any atom is -0.349 e. The van der Waals surface area contributed by atoms with E-state index >= 15 is 0 Å². The summed E-state index contributed by atoms with van der Waals surface area (Å²) in [5.74, 6) is -0.718. The topological polar surface area (TPSA) is 29.1 Å². The molecule has 0 saturated heterocycles. The van der Waals surface area contributed by atoms with Crippen molar-refractivity contribution in [2.24, 2.45) is 0 Å². The van der Waals surface area contributed by atoms with E-state index in [9.17, 15) is 4.79 Å². The largest absolute Gasteiger partial charge is 0.349 e. The summed E-state index contributed by atoms with van der Waals surface area (Å²) in [6.45, 7) is 4.42. The van der Waals surface area contributed by atoms with Crippen LogP contribution in [0.15, 0.2) is 0 Å². The summed E-state index contributed by atoms with van der Waals surface area (Å²) in [7, 11) is 4.45. The van der Waals surface area contributed by atoms with Gasteiger partial charge in [0.15, 0.2) is 0 Å². The third kappa shape index (κ3) is 3.47. The molecule has 0 heterocycles. The van der Waals surface area contributed by atoms with Gasteiger partial charge in [-0.05, 0) is 0 Å². The number of hydrogen-bond acceptors (Lipinski definition) is 1. The molecule has 2 nitrogen and oxygen atoms in total. The lowest BCUT2D eigenvalue weighted by atomic mass is 10.7. The van der Waals surface area contributed by atoms with E-state index in [0.717, 1.165) is 0 Å². The van der Waals surface area contributed by atoms with Gasteiger partial charge < -0.3 is 5.32 Å². The maximum Gasteiger partial charge on any atom is 0.225 e. The molecule has 0 fully saturated rings. The van der Waals surface area contributed by atoms with Gasteiger partial charge in [0.05, 0.1) is 14.0 Å². The van der Waals surface area contributed by atoms with Crippen molar-refractivity contribution in [2.75, 3.05) is 0 Å². The van der Waals surface area contributed by atoms with Gasteiger partial charge in [-0.2, -0.15) is 0 Å². The monoisotopic (exact) mass is 69.0 g/mol. The highest BCUT2D eigenvalue weighted by atomic mass is 16.1. The van der Waals surface area contributed by atoms with Gasteiger partial charge in [0, 0.05) is 0 Å². The molecular formula is C3H3NO. The molecule has 0 aromatic carbocycles. The van der Waals surface area contributed by atoms with Gasteiger partial charge in [-0.15, -0.1) is 0 Å². The third-order valence-electron chi connectivity index (χ3n) is 0.142. The molecule has 26 valence electrons. The second-order valence-electron chi connectivity index (χ2n) is 0.509. The molecular weight excluding hydrogens is 66.0 g/mol. The minimum atomic E-state index is -0.718. The standard InChI is InChI=1S/C3H3NO/c1-3(5)4-2/h1-2H,(H,4,5). The molecule has 1 N–H and O–H groups in total. The van der Waals surface area contributed by atoms with E-state index in [4.69, 9.17) is 0 Å². The number of amides is 1. The Hall–Kier alpha value is -0.530. The first-order chi connectivity index (χ1) is 2.27. The Labute approximate surface area is 31.2 Å². The molecule has 4 radical (unpaired) electrons. The fourth-order valence-corrected chi connectivity index (χ4v) is 0. The number of nitrogens with one attached hydrogen (secondary N) is 1. The average molecular weight is 69.1 g/mol. The van der Waals surface area contributed by atoms with Crippen molar-refractivity contribution in [1.82, 2.24) is 5.32 Å². The Balaban J connectivity index is 2.85. The summed E-state index contributed by atoms with van der Waals surface area (Å²) in [5.41, 5.74) is 0. The maximum absolute atomic E-state index is 9.35. The van der Waals surface area contributed by atoms with Crippen molar-refractivity contribution < 1.29 is 4.79 Å². The normalized spacial score (nSPS) is 6.80. The quantitative estimate of drug-likeness (QED) is 0.381. The number of carbonyl (C=O) groups excluding carboxylic acids is 1. The highest BCUT2D eigenvalue weighted by Gasteiger charge is 1.74. The molecule has 0 aliphatic heterocycles. The van der Waals surface area contributed by atoms with E-state index < -0.39 is 5.91 Å². The summed E-state index contributed by atoms with van der Waals surface area (Å²) in [5, 5.41) is 1.67. The van der Waals surface area contributed by atoms with Crippen LogP contribution in [0.5, 0.6) is 0 Å². The van der Waals surface area contributed by atoms with Crippen molar-refractivity contribution in [1.29, 1.82) is 0 Å². The van der Waals surface area contributed by atoms with E-state index in [2.05, 4.69) is 14.0 Å². The molecule has 1 amide bonds. The summed E-state index contributed by atoms with van der Waals surface area (Å²) >= 11 is 0. The van der Waals surface area contributed by atoms with Crippen LogP contribution in [0.2, 0.25) is 0 Å². The van der Waals surface area contributed by atoms with Gasteiger partial charge in [0.2, 0.25) is 5.91 Å². The molecule has 0 saturated carbocycles. The zero-order valence-electron chi connectivity index (χ0n) is 2.56. The lowest BCUT2D eigenvalue weighted by Crippen LogP contribution is -2.09. The van der Waals surface area contributed by atoms with Gasteiger partial charge >= 0.3 is 0 Å². The van der Waals surface area contributed by atoms with Crippen LogP contribution in [-0.4, -0.2) is 5.91 Å². The molecule has 2 heteroatoms. The zero-order chi connectivity index (χ0) is 4.28. The van der Waals surface area contributed by atoms with Crippen molar-refractivity contribution in [3.05, 3.63) is 14.0 Å². The van der Waals surface area contributed by atoms with Gasteiger partial charge in [-0.3, -0.25) is 4.79 Å². The minimum absolute atomic E-state index is 0.718. The summed E-state index contributed by atoms with van der Waals surface area (Å²) in [4.78, 5) is 9.35. The molecule has 0 rings (SSSR count). The fourth-order valence-electron chi connectivity index (χ4n) is 0. The van der Waals surface area contributed by atoms with Crippen molar-refractivity contribution in [3.8, 4) is 0 Å². The van der Waals surface area contributed by atoms with Crippen LogP contribution < -0.4 is 5.32 Å². The van der Waals surface area contributed by atoms with E-state index in [0.29, 0.717) is 0 Å². The molecule has 0 unspecified atom stereocenters. The van der Waals surface area contributed by atoms with Crippen LogP contribution in [0.4, 0.5) is 0 Å². The molecule has 0 bridgehead atoms. The summed E-state index contributed by atoms with van der Waals surface area (Å²) < 4.78 is 0. The van der Waals surface area contributed by atoms with Gasteiger partial charge in [0.1, 0.15) is 0 Å². The summed E-state index contributed by atoms with van der Waals surface area (Å²) in [6.07, 6.45) is 0. The first-order valence-corrected chi connectivity index (χ1v) is 1.03. The van der Waals surface area contributed by atoms with Gasteiger partial charge in [-0.25, -0.2) is 0 Å². The van der Waals surface area contributed by atoms with Crippen molar-refractivity contribution in [2.45, 2.75) is 0 Å². The van der Waals surface area contributed by atoms with Crippen LogP contribution >= 0.6 is 0 Å². The molecule has 0 aromatic rings. The molecule has 0 aliphatic carbocycles. The lowest BCUT2D eigenvalue weighted by Gasteiger charge is -1.78. The van der Waals surface area contributed by atoms with Crippen LogP contribution in [-0.2, 0) is 4.79 Å². The SMILES string of the molecule is [CH]NC([CH])=O. The van der Waals surface area contributed by atoms with Crippen molar-refractivity contribution >= 4 is 5.91 Å². The highest BCUT2D eigenvalue weighted by molar-refractivity contribution is 5.80. The Morgan fingerprint density at radius 1 is 1.80 bits per heavy atom. The molecule has 0 atom stereocenters. The third-order valence-corrected chi connectivity index (χ3v) is 0.142. The molecule has 5 heavy (non-hydrogen) atoms. The highest BCUT2D eigenvalue weighted by Crippen LogP contribution is 1.46. The van der Waals surface area contributed by atoms with E-state index in [1.165, 1.54) is 0 Å². The average Bonchev–Trinajstić information content (AvgIpc) is 1.38. The maximum atomic E-state index is 9.35. The number of carbonyl (C=O) groups is 1. The van der Waals surface area contributed by atoms with Crippen molar-refractivity contribution in [3.63, 3.8) is 0 Å². The summed E-state index contributed by atoms with van der Waals surface area (Å²) in [6, 6.07) is 0. The van der Waals surface area contributed by atoms with Gasteiger partial charge in [0.25, 0.3) is 0 Å². The van der Waals surface area contributed by atoms with E-state index in [1.807, 2.05) is 0 Å². The lowest BCUT2D eigenvalue weighted by molar-refractivity contribution is -0.115. The Morgan fingerprint density at radius 3 is 2.00 bits per heavy atom. The predicted molar refractivity (Wildman–Crippen MR) is 16.7 cm³/mol. The van der Waals surface area contributed by atoms with E-state index in [1.54, 1.807) is 5.32 Å². The Kier molecular flexibility index (Phi) is 1.57. The number of rotatable bonds is 0. The zero-order valence-corrected chi connectivity index (χ0v) is 2.56. The van der Waals surface area contributed by atoms with Crippen LogP contribution in [0.3, 0.4) is 0 Å². The van der Waals surface area contributed by atoms with Crippen LogP contribution in [0.1, 0.15) is 0 Å². The molecule has 0 aromatic heterocycles. The van der Waals surface area contributed by atoms with Crippen LogP contribution in [0.25, 0.3) is 0 Å². The molecule has 0 aliphatic rings. The first-order valence-electron chi connectivity index (χ1n) is 1.03. The predicted octanol–water partition coefficient (Wildman–Crippen LogP) is -0.518. The Morgan fingerprint density at radius 2 is 2.00 bits per heavy atom. The second kappa shape index (κ2) is 1.76. The van der Waals surface area contributed by atoms with E-state index in [-0.39, 0.29) is 0 Å². The fraction of sp³-hybridized carbons (Fsp3) is 0. The number of hydrogen-bond donors (Lipinski definition) is 1. The Bertz CT molecular complexity index is 42.2.